The summed E-state index contributed by atoms with van der Waals surface area (Å²) in [6, 6.07) is 0. The lowest BCUT2D eigenvalue weighted by atomic mass is 10.8. The second-order valence-corrected chi connectivity index (χ2v) is 6.30. The second kappa shape index (κ2) is 2.58. The van der Waals surface area contributed by atoms with Crippen LogP contribution in [0.3, 0.4) is 0 Å². The van der Waals surface area contributed by atoms with Gasteiger partial charge in [-0.1, -0.05) is 6.92 Å². The topological polar surface area (TPSA) is 12.0 Å². The van der Waals surface area contributed by atoms with Crippen molar-refractivity contribution in [1.82, 2.24) is 4.72 Å². The number of hydrogen-bond acceptors (Lipinski definition) is 1. The molecule has 7 heavy (non-hydrogen) atoms. The Bertz CT molecular complexity index is 46.5. The van der Waals surface area contributed by atoms with E-state index in [1.807, 2.05) is 0 Å². The third-order valence-electron chi connectivity index (χ3n) is 0.577. The minimum absolute atomic E-state index is 0.424. The van der Waals surface area contributed by atoms with Crippen LogP contribution in [0.15, 0.2) is 0 Å². The van der Waals surface area contributed by atoms with Gasteiger partial charge in [0.15, 0.2) is 0 Å². The van der Waals surface area contributed by atoms with Gasteiger partial charge in [-0.2, -0.15) is 10.2 Å². The predicted molar refractivity (Wildman–Crippen MR) is 39.0 cm³/mol. The van der Waals surface area contributed by atoms with Gasteiger partial charge in [0, 0.05) is 6.54 Å². The lowest BCUT2D eigenvalue weighted by Crippen LogP contribution is -2.16. The fourth-order valence-corrected chi connectivity index (χ4v) is 1.30. The summed E-state index contributed by atoms with van der Waals surface area (Å²) in [6.45, 7) is 3.23. The maximum Gasteiger partial charge on any atom is 0.00149 e. The summed E-state index contributed by atoms with van der Waals surface area (Å²) in [7, 11) is -0.424. The Hall–Kier alpha value is 0.310. The molecule has 0 bridgehead atoms. The fourth-order valence-electron chi connectivity index (χ4n) is 0.433. The first kappa shape index (κ1) is 7.31. The van der Waals surface area contributed by atoms with E-state index in [0.717, 1.165) is 6.54 Å². The highest BCUT2D eigenvalue weighted by Crippen LogP contribution is 2.27. The van der Waals surface area contributed by atoms with Crippen molar-refractivity contribution in [2.45, 2.75) is 6.92 Å². The van der Waals surface area contributed by atoms with Gasteiger partial charge in [0.05, 0.1) is 0 Å². The molecule has 0 aliphatic rings. The van der Waals surface area contributed by atoms with Crippen molar-refractivity contribution in [3.63, 3.8) is 0 Å². The molecule has 0 saturated carbocycles. The molecule has 1 N–H and O–H groups in total. The standard InChI is InChI=1S/C5H15NS/c1-5-6-7(2,3)4/h6H,5H2,1-4H3. The Kier molecular flexibility index (Phi) is 2.69. The van der Waals surface area contributed by atoms with Crippen molar-refractivity contribution < 1.29 is 0 Å². The van der Waals surface area contributed by atoms with Gasteiger partial charge in [0.1, 0.15) is 0 Å². The van der Waals surface area contributed by atoms with Crippen LogP contribution in [0.1, 0.15) is 6.92 Å². The van der Waals surface area contributed by atoms with Crippen molar-refractivity contribution in [2.75, 3.05) is 25.3 Å². The van der Waals surface area contributed by atoms with E-state index < -0.39 is 10.2 Å². The quantitative estimate of drug-likeness (QED) is 0.579. The number of rotatable bonds is 2. The summed E-state index contributed by atoms with van der Waals surface area (Å²) in [4.78, 5) is 0. The first-order valence-electron chi connectivity index (χ1n) is 2.49. The van der Waals surface area contributed by atoms with Crippen LogP contribution in [0.5, 0.6) is 0 Å². The molecule has 2 heteroatoms. The lowest BCUT2D eigenvalue weighted by Gasteiger charge is -2.25. The predicted octanol–water partition coefficient (Wildman–Crippen LogP) is 1.20. The third-order valence-corrected chi connectivity index (χ3v) is 1.73. The van der Waals surface area contributed by atoms with Gasteiger partial charge < -0.3 is 0 Å². The summed E-state index contributed by atoms with van der Waals surface area (Å²) >= 11 is 0. The Morgan fingerprint density at radius 3 is 1.71 bits per heavy atom. The average molecular weight is 121 g/mol. The highest BCUT2D eigenvalue weighted by Gasteiger charge is 1.96. The molecule has 0 aliphatic carbocycles. The van der Waals surface area contributed by atoms with E-state index in [0.29, 0.717) is 0 Å². The monoisotopic (exact) mass is 121 g/mol. The molecule has 0 spiro atoms. The molecule has 0 unspecified atom stereocenters. The Morgan fingerprint density at radius 2 is 1.71 bits per heavy atom. The lowest BCUT2D eigenvalue weighted by molar-refractivity contribution is 1.02. The average Bonchev–Trinajstić information content (AvgIpc) is 1.30. The Balaban J connectivity index is 3.15. The van der Waals surface area contributed by atoms with Gasteiger partial charge in [-0.05, 0) is 18.8 Å². The first-order valence-corrected chi connectivity index (χ1v) is 5.35. The molecule has 0 rings (SSSR count). The molecular formula is C5H15NS. The van der Waals surface area contributed by atoms with Crippen LogP contribution in [0.25, 0.3) is 0 Å². The van der Waals surface area contributed by atoms with Crippen LogP contribution < -0.4 is 4.72 Å². The minimum Gasteiger partial charge on any atom is -0.282 e. The summed E-state index contributed by atoms with van der Waals surface area (Å²) in [5.74, 6) is 0. The molecule has 0 aromatic heterocycles. The van der Waals surface area contributed by atoms with Crippen molar-refractivity contribution in [3.8, 4) is 0 Å². The van der Waals surface area contributed by atoms with Crippen LogP contribution >= 0.6 is 10.2 Å². The molecule has 1 nitrogen and oxygen atoms in total. The summed E-state index contributed by atoms with van der Waals surface area (Å²) < 4.78 is 3.37. The van der Waals surface area contributed by atoms with Crippen molar-refractivity contribution >= 4 is 10.2 Å². The molecule has 46 valence electrons. The van der Waals surface area contributed by atoms with E-state index >= 15 is 0 Å². The number of nitrogens with one attached hydrogen (secondary N) is 1. The SMILES string of the molecule is CCNS(C)(C)C. The fraction of sp³-hybridized carbons (Fsp3) is 1.00. The summed E-state index contributed by atoms with van der Waals surface area (Å²) in [5.41, 5.74) is 0. The van der Waals surface area contributed by atoms with E-state index in [1.54, 1.807) is 0 Å². The highest BCUT2D eigenvalue weighted by molar-refractivity contribution is 8.30. The van der Waals surface area contributed by atoms with Crippen LogP contribution in [-0.4, -0.2) is 25.3 Å². The van der Waals surface area contributed by atoms with Crippen LogP contribution in [0.4, 0.5) is 0 Å². The van der Waals surface area contributed by atoms with E-state index in [-0.39, 0.29) is 0 Å². The molecule has 0 amide bonds. The Morgan fingerprint density at radius 1 is 1.29 bits per heavy atom. The zero-order valence-electron chi connectivity index (χ0n) is 5.62. The molecule has 0 atom stereocenters. The normalized spacial score (nSPS) is 14.3. The summed E-state index contributed by atoms with van der Waals surface area (Å²) in [6.07, 6.45) is 6.74. The molecular weight excluding hydrogens is 106 g/mol. The van der Waals surface area contributed by atoms with E-state index in [4.69, 9.17) is 0 Å². The zero-order valence-corrected chi connectivity index (χ0v) is 6.43. The van der Waals surface area contributed by atoms with Gasteiger partial charge in [-0.25, -0.2) is 0 Å². The van der Waals surface area contributed by atoms with Gasteiger partial charge in [-0.15, -0.1) is 0 Å². The van der Waals surface area contributed by atoms with Gasteiger partial charge in [-0.3, -0.25) is 4.72 Å². The molecule has 0 aromatic carbocycles. The van der Waals surface area contributed by atoms with Crippen molar-refractivity contribution in [1.29, 1.82) is 0 Å². The smallest absolute Gasteiger partial charge is 0.00149 e. The van der Waals surface area contributed by atoms with Gasteiger partial charge in [0.25, 0.3) is 0 Å². The van der Waals surface area contributed by atoms with Crippen LogP contribution in [0.2, 0.25) is 0 Å². The number of hydrogen-bond donors (Lipinski definition) is 1. The first-order chi connectivity index (χ1) is 3.06. The van der Waals surface area contributed by atoms with E-state index in [9.17, 15) is 0 Å². The summed E-state index contributed by atoms with van der Waals surface area (Å²) in [5, 5.41) is 0. The van der Waals surface area contributed by atoms with Crippen LogP contribution in [0, 0.1) is 0 Å². The van der Waals surface area contributed by atoms with E-state index in [1.165, 1.54) is 0 Å². The van der Waals surface area contributed by atoms with Crippen molar-refractivity contribution in [3.05, 3.63) is 0 Å². The van der Waals surface area contributed by atoms with Crippen molar-refractivity contribution in [2.24, 2.45) is 0 Å². The maximum atomic E-state index is 3.37. The zero-order chi connectivity index (χ0) is 5.91. The molecule has 0 fully saturated rings. The molecule has 0 heterocycles. The van der Waals surface area contributed by atoms with Gasteiger partial charge in [0.2, 0.25) is 0 Å². The molecule has 0 saturated heterocycles. The Labute approximate surface area is 47.9 Å². The van der Waals surface area contributed by atoms with E-state index in [2.05, 4.69) is 30.4 Å². The largest absolute Gasteiger partial charge is 0.282 e. The van der Waals surface area contributed by atoms with Crippen LogP contribution in [-0.2, 0) is 0 Å². The second-order valence-electron chi connectivity index (χ2n) is 2.34. The minimum atomic E-state index is -0.424. The third kappa shape index (κ3) is 6.31. The molecule has 0 aliphatic heterocycles. The maximum absolute atomic E-state index is 3.37. The molecule has 0 radical (unpaired) electrons. The highest BCUT2D eigenvalue weighted by atomic mass is 32.3. The van der Waals surface area contributed by atoms with Gasteiger partial charge >= 0.3 is 0 Å². The molecule has 0 aromatic rings.